The van der Waals surface area contributed by atoms with Crippen molar-refractivity contribution in [2.75, 3.05) is 23.3 Å². The minimum absolute atomic E-state index is 0.103. The number of H-pyrrole nitrogens is 2. The summed E-state index contributed by atoms with van der Waals surface area (Å²) in [6.07, 6.45) is 9.07. The average Bonchev–Trinajstić information content (AvgIpc) is 3.62. The van der Waals surface area contributed by atoms with Gasteiger partial charge in [0.25, 0.3) is 0 Å². The Hall–Kier alpha value is -5.12. The Kier molecular flexibility index (Phi) is 6.12. The molecule has 198 valence electrons. The summed E-state index contributed by atoms with van der Waals surface area (Å²) in [4.78, 5) is 37.2. The predicted octanol–water partition coefficient (Wildman–Crippen LogP) is 5.13. The molecule has 0 radical (unpaired) electrons. The molecule has 1 saturated heterocycles. The maximum absolute atomic E-state index is 12.6. The Labute approximate surface area is 229 Å². The fraction of sp³-hybridized carbons (Fsp3) is 0.200. The lowest BCUT2D eigenvalue weighted by Crippen LogP contribution is -2.30. The number of pyridine rings is 3. The number of amides is 1. The van der Waals surface area contributed by atoms with Gasteiger partial charge < -0.3 is 15.2 Å². The van der Waals surface area contributed by atoms with Crippen LogP contribution in [0.25, 0.3) is 44.8 Å². The number of fused-ring (bicyclic) bond motifs is 2. The van der Waals surface area contributed by atoms with Crippen LogP contribution in [-0.2, 0) is 11.2 Å². The fourth-order valence-electron chi connectivity index (χ4n) is 5.23. The van der Waals surface area contributed by atoms with Gasteiger partial charge in [0.05, 0.1) is 35.0 Å². The second kappa shape index (κ2) is 10.2. The third-order valence-corrected chi connectivity index (χ3v) is 7.19. The Balaban J connectivity index is 1.19. The number of piperidine rings is 1. The Morgan fingerprint density at radius 1 is 0.925 bits per heavy atom. The zero-order chi connectivity index (χ0) is 26.9. The average molecular weight is 530 g/mol. The number of aromatic amines is 2. The molecule has 10 nitrogen and oxygen atoms in total. The van der Waals surface area contributed by atoms with Crippen molar-refractivity contribution in [2.24, 2.45) is 0 Å². The molecule has 1 fully saturated rings. The summed E-state index contributed by atoms with van der Waals surface area (Å²) in [6.45, 7) is 1.98. The highest BCUT2D eigenvalue weighted by atomic mass is 16.1. The van der Waals surface area contributed by atoms with Gasteiger partial charge in [0.2, 0.25) is 5.91 Å². The van der Waals surface area contributed by atoms with Gasteiger partial charge in [-0.15, -0.1) is 0 Å². The molecule has 0 spiro atoms. The highest BCUT2D eigenvalue weighted by Crippen LogP contribution is 2.31. The first-order valence-corrected chi connectivity index (χ1v) is 13.5. The molecule has 10 heteroatoms. The number of nitrogens with zero attached hydrogens (tertiary/aromatic N) is 6. The summed E-state index contributed by atoms with van der Waals surface area (Å²) in [5.41, 5.74) is 6.96. The van der Waals surface area contributed by atoms with E-state index in [4.69, 9.17) is 9.97 Å². The molecule has 0 saturated carbocycles. The zero-order valence-electron chi connectivity index (χ0n) is 21.8. The summed E-state index contributed by atoms with van der Waals surface area (Å²) in [7, 11) is 0. The van der Waals surface area contributed by atoms with Crippen molar-refractivity contribution in [3.8, 4) is 22.8 Å². The lowest BCUT2D eigenvalue weighted by Gasteiger charge is -2.27. The molecule has 6 aromatic rings. The Morgan fingerprint density at radius 3 is 2.67 bits per heavy atom. The van der Waals surface area contributed by atoms with Gasteiger partial charge in [-0.1, -0.05) is 30.3 Å². The van der Waals surface area contributed by atoms with E-state index in [1.54, 1.807) is 12.4 Å². The first-order valence-electron chi connectivity index (χ1n) is 13.5. The fourth-order valence-corrected chi connectivity index (χ4v) is 5.23. The second-order valence-electron chi connectivity index (χ2n) is 10.0. The quantitative estimate of drug-likeness (QED) is 0.273. The van der Waals surface area contributed by atoms with Crippen molar-refractivity contribution in [3.63, 3.8) is 0 Å². The van der Waals surface area contributed by atoms with Crippen LogP contribution in [-0.4, -0.2) is 54.1 Å². The van der Waals surface area contributed by atoms with Gasteiger partial charge in [0.15, 0.2) is 17.3 Å². The maximum Gasteiger partial charge on any atom is 0.228 e. The van der Waals surface area contributed by atoms with E-state index < -0.39 is 0 Å². The molecular weight excluding hydrogens is 502 g/mol. The van der Waals surface area contributed by atoms with E-state index in [-0.39, 0.29) is 5.91 Å². The topological polar surface area (TPSA) is 128 Å². The number of aromatic nitrogens is 7. The van der Waals surface area contributed by atoms with Crippen LogP contribution < -0.4 is 10.2 Å². The normalized spacial score (nSPS) is 13.7. The number of rotatable bonds is 6. The van der Waals surface area contributed by atoms with Crippen LogP contribution in [0.3, 0.4) is 0 Å². The smallest absolute Gasteiger partial charge is 0.228 e. The highest BCUT2D eigenvalue weighted by Gasteiger charge is 2.20. The minimum atomic E-state index is -0.103. The largest absolute Gasteiger partial charge is 0.355 e. The molecule has 3 N–H and O–H groups in total. The van der Waals surface area contributed by atoms with Crippen molar-refractivity contribution < 1.29 is 4.79 Å². The molecule has 1 aromatic carbocycles. The highest BCUT2D eigenvalue weighted by molar-refractivity contribution is 5.95. The molecule has 6 heterocycles. The molecular formula is C30H27N9O. The third-order valence-electron chi connectivity index (χ3n) is 7.19. The second-order valence-corrected chi connectivity index (χ2v) is 10.0. The van der Waals surface area contributed by atoms with Gasteiger partial charge in [0, 0.05) is 31.0 Å². The number of carbonyl (C=O) groups excluding carboxylic acids is 1. The van der Waals surface area contributed by atoms with Gasteiger partial charge in [-0.25, -0.2) is 15.0 Å². The van der Waals surface area contributed by atoms with E-state index in [9.17, 15) is 4.79 Å². The first kappa shape index (κ1) is 24.0. The van der Waals surface area contributed by atoms with Crippen LogP contribution in [0.4, 0.5) is 11.5 Å². The van der Waals surface area contributed by atoms with E-state index in [0.717, 1.165) is 46.6 Å². The summed E-state index contributed by atoms with van der Waals surface area (Å²) < 4.78 is 0. The number of anilines is 2. The number of carbonyl (C=O) groups is 1. The Bertz CT molecular complexity index is 1820. The summed E-state index contributed by atoms with van der Waals surface area (Å²) in [6, 6.07) is 17.3. The molecule has 0 unspecified atom stereocenters. The van der Waals surface area contributed by atoms with Crippen LogP contribution >= 0.6 is 0 Å². The number of nitrogens with one attached hydrogen (secondary N) is 3. The number of hydrogen-bond donors (Lipinski definition) is 3. The van der Waals surface area contributed by atoms with Crippen LogP contribution in [0.5, 0.6) is 0 Å². The monoisotopic (exact) mass is 529 g/mol. The van der Waals surface area contributed by atoms with E-state index in [1.807, 2.05) is 60.8 Å². The van der Waals surface area contributed by atoms with Crippen molar-refractivity contribution in [1.29, 1.82) is 0 Å². The molecule has 7 rings (SSSR count). The van der Waals surface area contributed by atoms with Crippen LogP contribution in [0, 0.1) is 0 Å². The zero-order valence-corrected chi connectivity index (χ0v) is 21.8. The SMILES string of the molecule is O=C(Cc1ccccc1)Nc1cncc(-c2ccc3[nH]nc(-c4nc5c(N6CCCCC6)nccc5[nH]4)c3n2)c1. The maximum atomic E-state index is 12.6. The number of imidazole rings is 1. The van der Waals surface area contributed by atoms with Crippen molar-refractivity contribution >= 4 is 39.5 Å². The standard InChI is InChI=1S/C30H27N9O/c40-25(15-19-7-3-1-4-8-19)33-21-16-20(17-31-18-21)22-9-10-24-26(34-22)28(38-37-24)29-35-23-11-12-32-30(27(23)36-29)39-13-5-2-6-14-39/h1,3-4,7-12,16-18H,2,5-6,13-15H2,(H,33,40)(H,35,36)(H,37,38). The van der Waals surface area contributed by atoms with E-state index in [0.29, 0.717) is 34.8 Å². The van der Waals surface area contributed by atoms with E-state index in [2.05, 4.69) is 35.4 Å². The van der Waals surface area contributed by atoms with Crippen LogP contribution in [0.15, 0.2) is 73.2 Å². The van der Waals surface area contributed by atoms with Crippen molar-refractivity contribution in [1.82, 2.24) is 35.1 Å². The number of benzene rings is 1. The van der Waals surface area contributed by atoms with Crippen molar-refractivity contribution in [3.05, 3.63) is 78.8 Å². The lowest BCUT2D eigenvalue weighted by molar-refractivity contribution is -0.115. The predicted molar refractivity (Wildman–Crippen MR) is 155 cm³/mol. The molecule has 1 aliphatic heterocycles. The molecule has 1 amide bonds. The van der Waals surface area contributed by atoms with Gasteiger partial charge in [0.1, 0.15) is 11.0 Å². The molecule has 40 heavy (non-hydrogen) atoms. The molecule has 5 aromatic heterocycles. The van der Waals surface area contributed by atoms with E-state index in [1.165, 1.54) is 19.3 Å². The van der Waals surface area contributed by atoms with Crippen LogP contribution in [0.2, 0.25) is 0 Å². The molecule has 0 aliphatic carbocycles. The molecule has 1 aliphatic rings. The van der Waals surface area contributed by atoms with E-state index >= 15 is 0 Å². The van der Waals surface area contributed by atoms with Gasteiger partial charge in [-0.2, -0.15) is 5.10 Å². The molecule has 0 bridgehead atoms. The Morgan fingerprint density at radius 2 is 1.80 bits per heavy atom. The van der Waals surface area contributed by atoms with Gasteiger partial charge >= 0.3 is 0 Å². The summed E-state index contributed by atoms with van der Waals surface area (Å²) in [5, 5.41) is 10.6. The summed E-state index contributed by atoms with van der Waals surface area (Å²) in [5.74, 6) is 1.44. The third kappa shape index (κ3) is 4.64. The minimum Gasteiger partial charge on any atom is -0.355 e. The van der Waals surface area contributed by atoms with Gasteiger partial charge in [-0.05, 0) is 49.1 Å². The molecule has 0 atom stereocenters. The lowest BCUT2D eigenvalue weighted by atomic mass is 10.1. The number of hydrogen-bond acceptors (Lipinski definition) is 7. The van der Waals surface area contributed by atoms with Crippen molar-refractivity contribution in [2.45, 2.75) is 25.7 Å². The van der Waals surface area contributed by atoms with Gasteiger partial charge in [-0.3, -0.25) is 14.9 Å². The van der Waals surface area contributed by atoms with Crippen LogP contribution in [0.1, 0.15) is 24.8 Å². The first-order chi connectivity index (χ1) is 19.7. The summed E-state index contributed by atoms with van der Waals surface area (Å²) >= 11 is 0.